The maximum Gasteiger partial charge on any atom is 0.264 e. The molecular weight excluding hydrogens is 578 g/mol. The first-order chi connectivity index (χ1) is 21.3. The fourth-order valence-corrected chi connectivity index (χ4v) is 7.10. The third-order valence-corrected chi connectivity index (χ3v) is 9.86. The van der Waals surface area contributed by atoms with Crippen LogP contribution in [0.4, 0.5) is 5.69 Å². The molecular formula is C34H43N3O6S. The highest BCUT2D eigenvalue weighted by Crippen LogP contribution is 2.36. The summed E-state index contributed by atoms with van der Waals surface area (Å²) >= 11 is 0. The molecule has 0 heterocycles. The Labute approximate surface area is 261 Å². The van der Waals surface area contributed by atoms with E-state index in [2.05, 4.69) is 5.32 Å². The monoisotopic (exact) mass is 621 g/mol. The Kier molecular flexibility index (Phi) is 11.7. The minimum Gasteiger partial charge on any atom is -0.497 e. The second kappa shape index (κ2) is 15.6. The normalized spacial score (nSPS) is 14.3. The first-order valence-electron chi connectivity index (χ1n) is 15.2. The van der Waals surface area contributed by atoms with Crippen molar-refractivity contribution in [3.05, 3.63) is 84.4 Å². The van der Waals surface area contributed by atoms with E-state index in [1.54, 1.807) is 30.3 Å². The molecule has 3 aromatic rings. The van der Waals surface area contributed by atoms with Gasteiger partial charge in [0.25, 0.3) is 10.0 Å². The van der Waals surface area contributed by atoms with E-state index >= 15 is 0 Å². The highest BCUT2D eigenvalue weighted by atomic mass is 32.2. The van der Waals surface area contributed by atoms with Gasteiger partial charge in [-0.25, -0.2) is 8.42 Å². The lowest BCUT2D eigenvalue weighted by atomic mass is 9.95. The molecule has 2 amide bonds. The van der Waals surface area contributed by atoms with E-state index < -0.39 is 28.5 Å². The number of sulfonamides is 1. The maximum absolute atomic E-state index is 14.3. The number of methoxy groups -OCH3 is 2. The SMILES string of the molecule is CCC(C(=O)NC1CCCCC1)N(CCc1ccccc1)C(=O)CN(c1cc(OC)ccc1OC)S(=O)(=O)c1ccccc1. The average Bonchev–Trinajstić information content (AvgIpc) is 3.06. The first-order valence-corrected chi connectivity index (χ1v) is 16.7. The summed E-state index contributed by atoms with van der Waals surface area (Å²) in [6.07, 6.45) is 6.00. The number of rotatable bonds is 14. The van der Waals surface area contributed by atoms with Crippen molar-refractivity contribution >= 4 is 27.5 Å². The number of benzene rings is 3. The van der Waals surface area contributed by atoms with E-state index in [-0.39, 0.29) is 34.8 Å². The van der Waals surface area contributed by atoms with Crippen LogP contribution < -0.4 is 19.1 Å². The minimum absolute atomic E-state index is 0.0237. The van der Waals surface area contributed by atoms with E-state index in [0.29, 0.717) is 18.6 Å². The van der Waals surface area contributed by atoms with E-state index in [0.717, 1.165) is 42.0 Å². The van der Waals surface area contributed by atoms with Gasteiger partial charge >= 0.3 is 0 Å². The molecule has 0 radical (unpaired) electrons. The van der Waals surface area contributed by atoms with Gasteiger partial charge < -0.3 is 19.7 Å². The van der Waals surface area contributed by atoms with Gasteiger partial charge in [-0.2, -0.15) is 0 Å². The number of ether oxygens (including phenoxy) is 2. The van der Waals surface area contributed by atoms with Crippen LogP contribution in [-0.4, -0.2) is 64.5 Å². The summed E-state index contributed by atoms with van der Waals surface area (Å²) in [5, 5.41) is 3.18. The highest BCUT2D eigenvalue weighted by Gasteiger charge is 2.35. The molecule has 44 heavy (non-hydrogen) atoms. The number of anilines is 1. The van der Waals surface area contributed by atoms with Gasteiger partial charge in [0.1, 0.15) is 24.1 Å². The molecule has 1 fully saturated rings. The molecule has 1 aliphatic carbocycles. The van der Waals surface area contributed by atoms with Crippen LogP contribution in [0.15, 0.2) is 83.8 Å². The second-order valence-corrected chi connectivity index (χ2v) is 12.8. The molecule has 4 rings (SSSR count). The molecule has 0 aliphatic heterocycles. The van der Waals surface area contributed by atoms with E-state index in [1.165, 1.54) is 37.3 Å². The summed E-state index contributed by atoms with van der Waals surface area (Å²) < 4.78 is 40.3. The van der Waals surface area contributed by atoms with Crippen molar-refractivity contribution in [1.29, 1.82) is 0 Å². The van der Waals surface area contributed by atoms with Gasteiger partial charge in [0.15, 0.2) is 0 Å². The number of hydrogen-bond acceptors (Lipinski definition) is 6. The van der Waals surface area contributed by atoms with Gasteiger partial charge in [0.05, 0.1) is 24.8 Å². The summed E-state index contributed by atoms with van der Waals surface area (Å²) in [6, 6.07) is 21.8. The van der Waals surface area contributed by atoms with Crippen molar-refractivity contribution in [3.63, 3.8) is 0 Å². The molecule has 1 saturated carbocycles. The first kappa shape index (κ1) is 32.9. The number of carbonyl (C=O) groups excluding carboxylic acids is 2. The minimum atomic E-state index is -4.23. The van der Waals surface area contributed by atoms with Gasteiger partial charge in [0, 0.05) is 18.7 Å². The molecule has 9 nitrogen and oxygen atoms in total. The van der Waals surface area contributed by atoms with Crippen LogP contribution in [0.1, 0.15) is 51.0 Å². The standard InChI is InChI=1S/C34H43N3O6S/c1-4-30(34(39)35-27-16-10-6-11-17-27)36(23-22-26-14-8-5-9-15-26)33(38)25-37(44(40,41)29-18-12-7-13-19-29)31-24-28(42-2)20-21-32(31)43-3/h5,7-9,12-15,18-21,24,27,30H,4,6,10-11,16-17,22-23,25H2,1-3H3,(H,35,39). The Balaban J connectivity index is 1.72. The molecule has 236 valence electrons. The Bertz CT molecular complexity index is 1480. The Morgan fingerprint density at radius 2 is 1.57 bits per heavy atom. The fraction of sp³-hybridized carbons (Fsp3) is 0.412. The molecule has 1 aliphatic rings. The third kappa shape index (κ3) is 8.11. The number of nitrogens with zero attached hydrogens (tertiary/aromatic N) is 2. The smallest absolute Gasteiger partial charge is 0.264 e. The van der Waals surface area contributed by atoms with Gasteiger partial charge in [-0.3, -0.25) is 13.9 Å². The number of carbonyl (C=O) groups is 2. The largest absolute Gasteiger partial charge is 0.497 e. The van der Waals surface area contributed by atoms with Crippen LogP contribution in [-0.2, 0) is 26.0 Å². The number of amides is 2. The van der Waals surface area contributed by atoms with E-state index in [4.69, 9.17) is 9.47 Å². The molecule has 0 aromatic heterocycles. The summed E-state index contributed by atoms with van der Waals surface area (Å²) in [7, 11) is -1.31. The molecule has 3 aromatic carbocycles. The molecule has 1 N–H and O–H groups in total. The topological polar surface area (TPSA) is 105 Å². The zero-order chi connectivity index (χ0) is 31.5. The van der Waals surface area contributed by atoms with Crippen molar-refractivity contribution in [2.45, 2.75) is 68.8 Å². The van der Waals surface area contributed by atoms with E-state index in [1.807, 2.05) is 37.3 Å². The molecule has 0 bridgehead atoms. The van der Waals surface area contributed by atoms with Crippen LogP contribution in [0.5, 0.6) is 11.5 Å². The summed E-state index contributed by atoms with van der Waals surface area (Å²) in [6.45, 7) is 1.58. The van der Waals surface area contributed by atoms with Gasteiger partial charge in [0.2, 0.25) is 11.8 Å². The van der Waals surface area contributed by atoms with Crippen molar-refractivity contribution in [1.82, 2.24) is 10.2 Å². The zero-order valence-corrected chi connectivity index (χ0v) is 26.6. The molecule has 0 saturated heterocycles. The maximum atomic E-state index is 14.3. The van der Waals surface area contributed by atoms with Crippen LogP contribution in [0.25, 0.3) is 0 Å². The van der Waals surface area contributed by atoms with Crippen LogP contribution in [0.2, 0.25) is 0 Å². The molecule has 0 spiro atoms. The predicted octanol–water partition coefficient (Wildman–Crippen LogP) is 5.20. The lowest BCUT2D eigenvalue weighted by Gasteiger charge is -2.34. The predicted molar refractivity (Wildman–Crippen MR) is 171 cm³/mol. The van der Waals surface area contributed by atoms with Gasteiger partial charge in [-0.05, 0) is 55.5 Å². The zero-order valence-electron chi connectivity index (χ0n) is 25.8. The summed E-state index contributed by atoms with van der Waals surface area (Å²) in [4.78, 5) is 29.6. The third-order valence-electron chi connectivity index (χ3n) is 8.09. The van der Waals surface area contributed by atoms with Crippen molar-refractivity contribution in [2.75, 3.05) is 31.6 Å². The molecule has 10 heteroatoms. The Hall–Kier alpha value is -4.05. The average molecular weight is 622 g/mol. The molecule has 1 atom stereocenters. The van der Waals surface area contributed by atoms with Crippen LogP contribution in [0, 0.1) is 0 Å². The molecule has 1 unspecified atom stereocenters. The van der Waals surface area contributed by atoms with Crippen LogP contribution in [0.3, 0.4) is 0 Å². The van der Waals surface area contributed by atoms with Gasteiger partial charge in [-0.1, -0.05) is 74.7 Å². The van der Waals surface area contributed by atoms with Gasteiger partial charge in [-0.15, -0.1) is 0 Å². The van der Waals surface area contributed by atoms with Crippen molar-refractivity contribution in [3.8, 4) is 11.5 Å². The van der Waals surface area contributed by atoms with E-state index in [9.17, 15) is 18.0 Å². The van der Waals surface area contributed by atoms with Crippen molar-refractivity contribution < 1.29 is 27.5 Å². The lowest BCUT2D eigenvalue weighted by molar-refractivity contribution is -0.140. The Morgan fingerprint density at radius 1 is 0.909 bits per heavy atom. The Morgan fingerprint density at radius 3 is 2.18 bits per heavy atom. The summed E-state index contributed by atoms with van der Waals surface area (Å²) in [5.41, 5.74) is 1.17. The fourth-order valence-electron chi connectivity index (χ4n) is 5.66. The van der Waals surface area contributed by atoms with Crippen LogP contribution >= 0.6 is 0 Å². The lowest BCUT2D eigenvalue weighted by Crippen LogP contribution is -2.54. The highest BCUT2D eigenvalue weighted by molar-refractivity contribution is 7.92. The quantitative estimate of drug-likeness (QED) is 0.265. The summed E-state index contributed by atoms with van der Waals surface area (Å²) in [5.74, 6) is -0.0371. The second-order valence-electron chi connectivity index (χ2n) is 11.0. The number of nitrogens with one attached hydrogen (secondary N) is 1. The number of hydrogen-bond donors (Lipinski definition) is 1. The van der Waals surface area contributed by atoms with Crippen molar-refractivity contribution in [2.24, 2.45) is 0 Å².